The highest BCUT2D eigenvalue weighted by Gasteiger charge is 2.17. The Morgan fingerprint density at radius 1 is 1.26 bits per heavy atom. The summed E-state index contributed by atoms with van der Waals surface area (Å²) < 4.78 is 25.6. The highest BCUT2D eigenvalue weighted by molar-refractivity contribution is 7.20. The van der Waals surface area contributed by atoms with Gasteiger partial charge in [-0.3, -0.25) is 4.90 Å². The minimum Gasteiger partial charge on any atom is -0.487 e. The van der Waals surface area contributed by atoms with Gasteiger partial charge in [0.05, 0.1) is 39.4 Å². The number of rotatable bonds is 5. The van der Waals surface area contributed by atoms with E-state index in [1.54, 1.807) is 24.3 Å². The summed E-state index contributed by atoms with van der Waals surface area (Å²) in [6, 6.07) is 13.7. The molecule has 1 atom stereocenters. The number of benzene rings is 2. The number of anilines is 2. The molecular weight excluding hydrogens is 487 g/mol. The highest BCUT2D eigenvalue weighted by Crippen LogP contribution is 2.33. The smallest absolute Gasteiger partial charge is 0.151 e. The molecule has 2 aromatic carbocycles. The summed E-state index contributed by atoms with van der Waals surface area (Å²) in [6.45, 7) is 2.46. The molecule has 0 bridgehead atoms. The van der Waals surface area contributed by atoms with E-state index in [4.69, 9.17) is 21.1 Å². The third kappa shape index (κ3) is 5.72. The van der Waals surface area contributed by atoms with Crippen molar-refractivity contribution in [3.8, 4) is 17.6 Å². The monoisotopic (exact) mass is 508 g/mol. The van der Waals surface area contributed by atoms with Crippen LogP contribution in [0.5, 0.6) is 5.75 Å². The molecule has 3 heterocycles. The number of fused-ring (bicyclic) bond motifs is 1. The Hall–Kier alpha value is -3.22. The summed E-state index contributed by atoms with van der Waals surface area (Å²) >= 11 is 7.98. The first kappa shape index (κ1) is 23.5. The number of thiophene rings is 1. The zero-order valence-corrected chi connectivity index (χ0v) is 20.5. The first-order valence-electron chi connectivity index (χ1n) is 11.0. The molecule has 4 aromatic rings. The van der Waals surface area contributed by atoms with E-state index in [2.05, 4.69) is 39.1 Å². The van der Waals surface area contributed by atoms with Crippen molar-refractivity contribution in [2.75, 3.05) is 32.1 Å². The number of ether oxygens (including phenoxy) is 2. The Kier molecular flexibility index (Phi) is 7.11. The SMILES string of the molecule is CN1CCOCC1C#Cc1cc2ncnc(Nc3ccc(OCc4cccc(F)c4)c(Cl)c3)c2s1. The fourth-order valence-electron chi connectivity index (χ4n) is 3.62. The van der Waals surface area contributed by atoms with Gasteiger partial charge in [0.25, 0.3) is 0 Å². The number of nitrogens with zero attached hydrogens (tertiary/aromatic N) is 3. The first-order valence-corrected chi connectivity index (χ1v) is 12.2. The molecule has 2 aromatic heterocycles. The second kappa shape index (κ2) is 10.6. The first-order chi connectivity index (χ1) is 17.0. The molecule has 9 heteroatoms. The number of likely N-dealkylation sites (N-methyl/N-ethyl adjacent to an activating group) is 1. The van der Waals surface area contributed by atoms with Crippen molar-refractivity contribution in [1.29, 1.82) is 0 Å². The van der Waals surface area contributed by atoms with E-state index in [0.717, 1.165) is 39.5 Å². The van der Waals surface area contributed by atoms with Crippen molar-refractivity contribution in [2.24, 2.45) is 0 Å². The minimum absolute atomic E-state index is 0.0847. The number of morpholine rings is 1. The van der Waals surface area contributed by atoms with Crippen LogP contribution in [0.1, 0.15) is 10.4 Å². The Morgan fingerprint density at radius 3 is 3.00 bits per heavy atom. The van der Waals surface area contributed by atoms with Crippen molar-refractivity contribution < 1.29 is 13.9 Å². The molecule has 1 saturated heterocycles. The Balaban J connectivity index is 1.30. The molecule has 5 rings (SSSR count). The van der Waals surface area contributed by atoms with E-state index >= 15 is 0 Å². The van der Waals surface area contributed by atoms with E-state index in [-0.39, 0.29) is 18.5 Å². The van der Waals surface area contributed by atoms with E-state index in [0.29, 0.717) is 23.2 Å². The summed E-state index contributed by atoms with van der Waals surface area (Å²) in [6.07, 6.45) is 1.52. The lowest BCUT2D eigenvalue weighted by atomic mass is 10.2. The van der Waals surface area contributed by atoms with Crippen molar-refractivity contribution in [2.45, 2.75) is 12.6 Å². The average molecular weight is 509 g/mol. The van der Waals surface area contributed by atoms with Crippen LogP contribution in [0.25, 0.3) is 10.2 Å². The summed E-state index contributed by atoms with van der Waals surface area (Å²) in [4.78, 5) is 11.9. The van der Waals surface area contributed by atoms with Crippen LogP contribution < -0.4 is 10.1 Å². The largest absolute Gasteiger partial charge is 0.487 e. The van der Waals surface area contributed by atoms with Gasteiger partial charge < -0.3 is 14.8 Å². The molecule has 178 valence electrons. The Bertz CT molecular complexity index is 1420. The van der Waals surface area contributed by atoms with Gasteiger partial charge in [-0.1, -0.05) is 35.6 Å². The molecule has 35 heavy (non-hydrogen) atoms. The van der Waals surface area contributed by atoms with Crippen molar-refractivity contribution >= 4 is 44.7 Å². The molecule has 0 saturated carbocycles. The van der Waals surface area contributed by atoms with Gasteiger partial charge in [-0.05, 0) is 49.0 Å². The Labute approximate surface area is 211 Å². The molecule has 0 radical (unpaired) electrons. The maximum atomic E-state index is 13.4. The lowest BCUT2D eigenvalue weighted by Gasteiger charge is -2.28. The fourth-order valence-corrected chi connectivity index (χ4v) is 4.77. The summed E-state index contributed by atoms with van der Waals surface area (Å²) in [5.41, 5.74) is 2.31. The minimum atomic E-state index is -0.300. The fraction of sp³-hybridized carbons (Fsp3) is 0.231. The molecule has 0 amide bonds. The van der Waals surface area contributed by atoms with Crippen LogP contribution in [0.3, 0.4) is 0 Å². The molecule has 0 spiro atoms. The van der Waals surface area contributed by atoms with Crippen molar-refractivity contribution in [1.82, 2.24) is 14.9 Å². The third-order valence-corrected chi connectivity index (χ3v) is 6.89. The van der Waals surface area contributed by atoms with Gasteiger partial charge in [-0.25, -0.2) is 14.4 Å². The standard InChI is InChI=1S/C26H22ClFN4O2S/c1-32-9-10-33-15-20(32)6-7-21-13-23-25(35-21)26(30-16-29-23)31-19-5-8-24(22(27)12-19)34-14-17-3-2-4-18(28)11-17/h2-5,8,11-13,16,20H,9-10,14-15H2,1H3,(H,29,30,31). The van der Waals surface area contributed by atoms with Gasteiger partial charge in [-0.15, -0.1) is 11.3 Å². The van der Waals surface area contributed by atoms with Crippen LogP contribution in [0.2, 0.25) is 5.02 Å². The van der Waals surface area contributed by atoms with Crippen LogP contribution >= 0.6 is 22.9 Å². The number of hydrogen-bond acceptors (Lipinski definition) is 7. The van der Waals surface area contributed by atoms with Gasteiger partial charge in [0.2, 0.25) is 0 Å². The number of hydrogen-bond donors (Lipinski definition) is 1. The van der Waals surface area contributed by atoms with Gasteiger partial charge in [0.1, 0.15) is 24.5 Å². The molecule has 1 unspecified atom stereocenters. The van der Waals surface area contributed by atoms with E-state index in [1.807, 2.05) is 12.1 Å². The molecular formula is C26H22ClFN4O2S. The number of nitrogens with one attached hydrogen (secondary N) is 1. The molecule has 1 N–H and O–H groups in total. The van der Waals surface area contributed by atoms with Crippen LogP contribution in [-0.4, -0.2) is 47.7 Å². The number of halogens is 2. The predicted octanol–water partition coefficient (Wildman–Crippen LogP) is 5.49. The predicted molar refractivity (Wildman–Crippen MR) is 137 cm³/mol. The normalized spacial score (nSPS) is 16.0. The highest BCUT2D eigenvalue weighted by atomic mass is 35.5. The summed E-state index contributed by atoms with van der Waals surface area (Å²) in [7, 11) is 2.06. The zero-order valence-electron chi connectivity index (χ0n) is 18.9. The Morgan fingerprint density at radius 2 is 2.17 bits per heavy atom. The molecule has 1 fully saturated rings. The van der Waals surface area contributed by atoms with Crippen LogP contribution in [0.15, 0.2) is 54.9 Å². The second-order valence-corrected chi connectivity index (χ2v) is 9.54. The van der Waals surface area contributed by atoms with Crippen LogP contribution in [0, 0.1) is 17.7 Å². The number of aromatic nitrogens is 2. The molecule has 6 nitrogen and oxygen atoms in total. The van der Waals surface area contributed by atoms with E-state index < -0.39 is 0 Å². The second-order valence-electron chi connectivity index (χ2n) is 8.08. The topological polar surface area (TPSA) is 59.5 Å². The van der Waals surface area contributed by atoms with Gasteiger partial charge in [0, 0.05) is 12.2 Å². The van der Waals surface area contributed by atoms with Gasteiger partial charge in [0.15, 0.2) is 5.82 Å². The van der Waals surface area contributed by atoms with E-state index in [1.165, 1.54) is 29.8 Å². The van der Waals surface area contributed by atoms with Crippen LogP contribution in [0.4, 0.5) is 15.9 Å². The third-order valence-electron chi connectivity index (χ3n) is 5.55. The zero-order chi connectivity index (χ0) is 24.2. The van der Waals surface area contributed by atoms with E-state index in [9.17, 15) is 4.39 Å². The molecule has 0 aliphatic carbocycles. The van der Waals surface area contributed by atoms with Crippen molar-refractivity contribution in [3.05, 3.63) is 76.1 Å². The van der Waals surface area contributed by atoms with Crippen molar-refractivity contribution in [3.63, 3.8) is 0 Å². The van der Waals surface area contributed by atoms with Gasteiger partial charge in [-0.2, -0.15) is 0 Å². The molecule has 1 aliphatic rings. The lowest BCUT2D eigenvalue weighted by molar-refractivity contribution is 0.0267. The van der Waals surface area contributed by atoms with Crippen LogP contribution in [-0.2, 0) is 11.3 Å². The maximum absolute atomic E-state index is 13.4. The quantitative estimate of drug-likeness (QED) is 0.360. The summed E-state index contributed by atoms with van der Waals surface area (Å²) in [5, 5.41) is 3.75. The van der Waals surface area contributed by atoms with Gasteiger partial charge >= 0.3 is 0 Å². The average Bonchev–Trinajstić information content (AvgIpc) is 3.27. The maximum Gasteiger partial charge on any atom is 0.151 e. The summed E-state index contributed by atoms with van der Waals surface area (Å²) in [5.74, 6) is 7.45. The lowest BCUT2D eigenvalue weighted by Crippen LogP contribution is -2.41. The molecule has 1 aliphatic heterocycles.